The van der Waals surface area contributed by atoms with E-state index in [1.807, 2.05) is 6.07 Å². The van der Waals surface area contributed by atoms with Crippen molar-refractivity contribution in [1.82, 2.24) is 0 Å². The predicted octanol–water partition coefficient (Wildman–Crippen LogP) is 2.72. The van der Waals surface area contributed by atoms with Gasteiger partial charge in [-0.2, -0.15) is 0 Å². The normalized spacial score (nSPS) is 22.8. The third-order valence-electron chi connectivity index (χ3n) is 4.33. The first kappa shape index (κ1) is 11.5. The fourth-order valence-corrected chi connectivity index (χ4v) is 3.19. The van der Waals surface area contributed by atoms with E-state index >= 15 is 0 Å². The van der Waals surface area contributed by atoms with Crippen LogP contribution >= 0.6 is 0 Å². The molecule has 0 spiro atoms. The van der Waals surface area contributed by atoms with Crippen LogP contribution in [0.5, 0.6) is 5.75 Å². The van der Waals surface area contributed by atoms with Crippen LogP contribution in [0.25, 0.3) is 0 Å². The summed E-state index contributed by atoms with van der Waals surface area (Å²) in [4.78, 5) is 0. The van der Waals surface area contributed by atoms with Gasteiger partial charge in [-0.05, 0) is 48.9 Å². The molecule has 1 unspecified atom stereocenters. The van der Waals surface area contributed by atoms with Gasteiger partial charge in [-0.25, -0.2) is 0 Å². The Morgan fingerprint density at radius 1 is 1.38 bits per heavy atom. The average Bonchev–Trinajstić information content (AvgIpc) is 2.30. The molecule has 1 aromatic rings. The van der Waals surface area contributed by atoms with Crippen LogP contribution in [0.3, 0.4) is 0 Å². The second-order valence-electron chi connectivity index (χ2n) is 4.85. The monoisotopic (exact) mass is 219 g/mol. The van der Waals surface area contributed by atoms with Crippen molar-refractivity contribution in [2.24, 2.45) is 5.73 Å². The Morgan fingerprint density at radius 3 is 2.69 bits per heavy atom. The zero-order valence-electron chi connectivity index (χ0n) is 10.2. The molecule has 1 atom stereocenters. The Bertz CT molecular complexity index is 382. The van der Waals surface area contributed by atoms with Crippen molar-refractivity contribution in [3.63, 3.8) is 0 Å². The number of rotatable bonds is 2. The summed E-state index contributed by atoms with van der Waals surface area (Å²) in [6.07, 6.45) is 4.18. The van der Waals surface area contributed by atoms with Crippen molar-refractivity contribution < 1.29 is 5.11 Å². The smallest absolute Gasteiger partial charge is 0.115 e. The summed E-state index contributed by atoms with van der Waals surface area (Å²) in [6, 6.07) is 5.97. The Labute approximate surface area is 97.5 Å². The molecule has 0 aromatic heterocycles. The lowest BCUT2D eigenvalue weighted by atomic mass is 9.64. The maximum Gasteiger partial charge on any atom is 0.115 e. The van der Waals surface area contributed by atoms with Crippen molar-refractivity contribution in [2.45, 2.75) is 51.0 Å². The predicted molar refractivity (Wildman–Crippen MR) is 66.7 cm³/mol. The summed E-state index contributed by atoms with van der Waals surface area (Å²) >= 11 is 0. The topological polar surface area (TPSA) is 46.2 Å². The summed E-state index contributed by atoms with van der Waals surface area (Å²) in [5.41, 5.74) is 9.02. The highest BCUT2D eigenvalue weighted by Gasteiger charge is 2.39. The number of fused-ring (bicyclic) bond motifs is 1. The molecule has 0 radical (unpaired) electrons. The number of hydrogen-bond donors (Lipinski definition) is 2. The van der Waals surface area contributed by atoms with Crippen LogP contribution in [0.4, 0.5) is 0 Å². The second-order valence-corrected chi connectivity index (χ2v) is 4.85. The minimum absolute atomic E-state index is 0.0618. The largest absolute Gasteiger partial charge is 0.508 e. The Morgan fingerprint density at radius 2 is 2.06 bits per heavy atom. The van der Waals surface area contributed by atoms with Crippen LogP contribution in [0, 0.1) is 0 Å². The van der Waals surface area contributed by atoms with E-state index in [-0.39, 0.29) is 11.5 Å². The van der Waals surface area contributed by atoms with Gasteiger partial charge in [-0.3, -0.25) is 0 Å². The third kappa shape index (κ3) is 1.52. The molecular formula is C14H21NO. The summed E-state index contributed by atoms with van der Waals surface area (Å²) in [5, 5.41) is 9.66. The van der Waals surface area contributed by atoms with Crippen molar-refractivity contribution in [3.8, 4) is 5.75 Å². The maximum atomic E-state index is 9.66. The number of hydrogen-bond acceptors (Lipinski definition) is 2. The van der Waals surface area contributed by atoms with Crippen molar-refractivity contribution in [1.29, 1.82) is 0 Å². The van der Waals surface area contributed by atoms with Gasteiger partial charge in [-0.1, -0.05) is 19.9 Å². The highest BCUT2D eigenvalue weighted by atomic mass is 16.3. The van der Waals surface area contributed by atoms with Crippen LogP contribution in [-0.4, -0.2) is 11.1 Å². The van der Waals surface area contributed by atoms with Crippen molar-refractivity contribution in [2.75, 3.05) is 0 Å². The third-order valence-corrected chi connectivity index (χ3v) is 4.33. The molecule has 1 aromatic carbocycles. The highest BCUT2D eigenvalue weighted by Crippen LogP contribution is 2.42. The molecule has 1 aliphatic carbocycles. The molecule has 16 heavy (non-hydrogen) atoms. The Kier molecular flexibility index (Phi) is 2.94. The van der Waals surface area contributed by atoms with Gasteiger partial charge in [0.1, 0.15) is 5.75 Å². The molecule has 0 saturated heterocycles. The minimum Gasteiger partial charge on any atom is -0.508 e. The molecule has 0 heterocycles. The van der Waals surface area contributed by atoms with E-state index < -0.39 is 0 Å². The summed E-state index contributed by atoms with van der Waals surface area (Å²) in [6.45, 7) is 4.39. The molecule has 0 saturated carbocycles. The van der Waals surface area contributed by atoms with Gasteiger partial charge in [0.15, 0.2) is 0 Å². The van der Waals surface area contributed by atoms with Gasteiger partial charge in [0.25, 0.3) is 0 Å². The first-order chi connectivity index (χ1) is 7.64. The molecule has 0 aliphatic heterocycles. The molecule has 0 fully saturated rings. The van der Waals surface area contributed by atoms with E-state index in [9.17, 15) is 5.11 Å². The van der Waals surface area contributed by atoms with Gasteiger partial charge in [-0.15, -0.1) is 0 Å². The molecule has 2 heteroatoms. The molecular weight excluding hydrogens is 198 g/mol. The van der Waals surface area contributed by atoms with Gasteiger partial charge in [0.05, 0.1) is 0 Å². The molecule has 88 valence electrons. The SMILES string of the molecule is CCC1(CC)c2cc(O)ccc2CCC1N. The van der Waals surface area contributed by atoms with Crippen LogP contribution in [0.1, 0.15) is 44.2 Å². The van der Waals surface area contributed by atoms with Gasteiger partial charge in [0.2, 0.25) is 0 Å². The lowest BCUT2D eigenvalue weighted by molar-refractivity contribution is 0.284. The lowest BCUT2D eigenvalue weighted by Crippen LogP contribution is -2.48. The van der Waals surface area contributed by atoms with E-state index in [2.05, 4.69) is 19.9 Å². The quantitative estimate of drug-likeness (QED) is 0.803. The lowest BCUT2D eigenvalue weighted by Gasteiger charge is -2.43. The van der Waals surface area contributed by atoms with Crippen molar-refractivity contribution >= 4 is 0 Å². The highest BCUT2D eigenvalue weighted by molar-refractivity contribution is 5.43. The molecule has 1 aliphatic rings. The number of aromatic hydroxyl groups is 1. The molecule has 2 rings (SSSR count). The number of aryl methyl sites for hydroxylation is 1. The van der Waals surface area contributed by atoms with Crippen LogP contribution in [-0.2, 0) is 11.8 Å². The zero-order chi connectivity index (χ0) is 11.8. The fraction of sp³-hybridized carbons (Fsp3) is 0.571. The summed E-state index contributed by atoms with van der Waals surface area (Å²) in [5.74, 6) is 0.360. The first-order valence-corrected chi connectivity index (χ1v) is 6.22. The zero-order valence-corrected chi connectivity index (χ0v) is 10.2. The summed E-state index contributed by atoms with van der Waals surface area (Å²) < 4.78 is 0. The number of phenolic OH excluding ortho intramolecular Hbond substituents is 1. The van der Waals surface area contributed by atoms with E-state index in [1.165, 1.54) is 11.1 Å². The number of phenols is 1. The van der Waals surface area contributed by atoms with Gasteiger partial charge in [0, 0.05) is 11.5 Å². The second kappa shape index (κ2) is 4.10. The van der Waals surface area contributed by atoms with Gasteiger partial charge >= 0.3 is 0 Å². The van der Waals surface area contributed by atoms with E-state index in [1.54, 1.807) is 6.07 Å². The van der Waals surface area contributed by atoms with Crippen LogP contribution in [0.2, 0.25) is 0 Å². The van der Waals surface area contributed by atoms with Crippen LogP contribution in [0.15, 0.2) is 18.2 Å². The van der Waals surface area contributed by atoms with Crippen LogP contribution < -0.4 is 5.73 Å². The minimum atomic E-state index is 0.0618. The Hall–Kier alpha value is -1.02. The maximum absolute atomic E-state index is 9.66. The Balaban J connectivity index is 2.58. The standard InChI is InChI=1S/C14H21NO/c1-3-14(4-2)12-9-11(16)7-5-10(12)6-8-13(14)15/h5,7,9,13,16H,3-4,6,8,15H2,1-2H3. The summed E-state index contributed by atoms with van der Waals surface area (Å²) in [7, 11) is 0. The molecule has 0 amide bonds. The molecule has 2 nitrogen and oxygen atoms in total. The first-order valence-electron chi connectivity index (χ1n) is 6.22. The van der Waals surface area contributed by atoms with Gasteiger partial charge < -0.3 is 10.8 Å². The number of benzene rings is 1. The molecule has 0 bridgehead atoms. The average molecular weight is 219 g/mol. The van der Waals surface area contributed by atoms with Crippen molar-refractivity contribution in [3.05, 3.63) is 29.3 Å². The number of nitrogens with two attached hydrogens (primary N) is 1. The van der Waals surface area contributed by atoms with E-state index in [0.717, 1.165) is 25.7 Å². The van der Waals surface area contributed by atoms with E-state index in [4.69, 9.17) is 5.73 Å². The fourth-order valence-electron chi connectivity index (χ4n) is 3.19. The van der Waals surface area contributed by atoms with E-state index in [0.29, 0.717) is 5.75 Å². The molecule has 3 N–H and O–H groups in total.